The molecule has 2 aromatic carbocycles. The Labute approximate surface area is 201 Å². The minimum Gasteiger partial charge on any atom is -0.321 e. The van der Waals surface area contributed by atoms with E-state index >= 15 is 0 Å². The monoisotopic (exact) mass is 530 g/mol. The topological polar surface area (TPSA) is 115 Å². The van der Waals surface area contributed by atoms with Gasteiger partial charge in [-0.15, -0.1) is 0 Å². The molecule has 8 nitrogen and oxygen atoms in total. The Kier molecular flexibility index (Phi) is 7.30. The molecule has 1 saturated heterocycles. The fourth-order valence-electron chi connectivity index (χ4n) is 3.69. The van der Waals surface area contributed by atoms with Crippen LogP contribution >= 0.6 is 0 Å². The molecule has 0 unspecified atom stereocenters. The summed E-state index contributed by atoms with van der Waals surface area (Å²) in [5.74, 6) is -17.2. The van der Waals surface area contributed by atoms with Gasteiger partial charge in [-0.05, 0) is 23.2 Å². The van der Waals surface area contributed by atoms with Crippen molar-refractivity contribution in [2.45, 2.75) is 0 Å². The second-order valence-electron chi connectivity index (χ2n) is 8.34. The van der Waals surface area contributed by atoms with E-state index in [9.17, 15) is 39.9 Å². The Morgan fingerprint density at radius 3 is 1.22 bits per heavy atom. The zero-order chi connectivity index (χ0) is 27.8. The first kappa shape index (κ1) is 27.2. The molecule has 0 amide bonds. The molecule has 0 N–H and O–H groups in total. The fraction of sp³-hybridized carbons (Fsp3) is 0.190. The third-order valence-electron chi connectivity index (χ3n) is 5.25. The van der Waals surface area contributed by atoms with Crippen LogP contribution in [0.1, 0.15) is 11.1 Å². The summed E-state index contributed by atoms with van der Waals surface area (Å²) < 4.78 is 114. The summed E-state index contributed by atoms with van der Waals surface area (Å²) in [5.41, 5.74) is 9.86. The van der Waals surface area contributed by atoms with Crippen LogP contribution in [0.25, 0.3) is 33.0 Å². The molecule has 1 aliphatic rings. The van der Waals surface area contributed by atoms with Crippen LogP contribution in [0.3, 0.4) is 0 Å². The quantitative estimate of drug-likeness (QED) is 0.0808. The maximum absolute atomic E-state index is 14.5. The highest BCUT2D eigenvalue weighted by Gasteiger charge is 2.35. The smallest absolute Gasteiger partial charge is 0.196 e. The van der Waals surface area contributed by atoms with Crippen LogP contribution < -0.4 is 0 Å². The lowest BCUT2D eigenvalue weighted by Crippen LogP contribution is -2.48. The maximum Gasteiger partial charge on any atom is 0.196 e. The van der Waals surface area contributed by atoms with Gasteiger partial charge < -0.3 is 4.48 Å². The van der Waals surface area contributed by atoms with Gasteiger partial charge in [-0.2, -0.15) is 0 Å². The molecule has 1 fully saturated rings. The summed E-state index contributed by atoms with van der Waals surface area (Å²) in [7, 11) is 2.93. The molecule has 0 aliphatic carbocycles. The first-order valence-electron chi connectivity index (χ1n) is 9.85. The average Bonchev–Trinajstić information content (AvgIpc) is 2.84. The third kappa shape index (κ3) is 4.85. The number of hydrogen-bond donors (Lipinski definition) is 0. The van der Waals surface area contributed by atoms with E-state index in [1.165, 1.54) is 14.1 Å². The summed E-state index contributed by atoms with van der Waals surface area (Å²) in [6.45, 7) is -0.584. The number of likely N-dealkylation sites (tertiary alicyclic amines) is 1. The molecular formula is C21H12F8N7O+. The van der Waals surface area contributed by atoms with Crippen molar-refractivity contribution >= 4 is 29.3 Å². The van der Waals surface area contributed by atoms with Crippen LogP contribution in [0, 0.1) is 46.5 Å². The lowest BCUT2D eigenvalue weighted by Gasteiger charge is -2.35. The van der Waals surface area contributed by atoms with Gasteiger partial charge in [0, 0.05) is 9.82 Å². The fourth-order valence-corrected chi connectivity index (χ4v) is 3.69. The zero-order valence-corrected chi connectivity index (χ0v) is 18.6. The standard InChI is InChI=1S/C21H12F8N7O/c1-36(2)5-7(3-9-11(22)15(26)19(32-34-30)16(27)12(9)23)21(37)8(6-36)4-10-13(24)17(28)20(33-35-31)18(29)14(10)25/h3-4H,5-6H2,1-2H3/q+1/b7-3+,8-4+. The van der Waals surface area contributed by atoms with Gasteiger partial charge in [-0.1, -0.05) is 10.2 Å². The van der Waals surface area contributed by atoms with Crippen molar-refractivity contribution in [1.82, 2.24) is 0 Å². The van der Waals surface area contributed by atoms with Crippen molar-refractivity contribution in [3.63, 3.8) is 0 Å². The Balaban J connectivity index is 2.23. The highest BCUT2D eigenvalue weighted by Crippen LogP contribution is 2.35. The maximum atomic E-state index is 14.5. The largest absolute Gasteiger partial charge is 0.321 e. The SMILES string of the molecule is C[N+]1(C)C/C(=C\c2c(F)c(F)c(N=[N+]=[N-])c(F)c2F)C(=O)/C(=C/c2c(F)c(F)c(N=[N+]=[N-])c(F)c2F)C1. The average molecular weight is 530 g/mol. The van der Waals surface area contributed by atoms with Crippen molar-refractivity contribution < 1.29 is 44.4 Å². The number of carbonyl (C=O) groups excluding carboxylic acids is 1. The van der Waals surface area contributed by atoms with Crippen LogP contribution in [0.5, 0.6) is 0 Å². The third-order valence-corrected chi connectivity index (χ3v) is 5.25. The molecule has 0 atom stereocenters. The molecular weight excluding hydrogens is 518 g/mol. The van der Waals surface area contributed by atoms with Gasteiger partial charge in [-0.3, -0.25) is 4.79 Å². The van der Waals surface area contributed by atoms with Crippen molar-refractivity contribution in [1.29, 1.82) is 0 Å². The predicted octanol–water partition coefficient (Wildman–Crippen LogP) is 6.81. The number of azide groups is 2. The number of piperidine rings is 1. The molecule has 37 heavy (non-hydrogen) atoms. The summed E-state index contributed by atoms with van der Waals surface area (Å²) in [6, 6.07) is 0. The van der Waals surface area contributed by atoms with Gasteiger partial charge >= 0.3 is 0 Å². The number of ketones is 1. The Bertz CT molecular complexity index is 1350. The number of halogens is 8. The van der Waals surface area contributed by atoms with Crippen LogP contribution in [0.4, 0.5) is 46.5 Å². The second kappa shape index (κ2) is 9.93. The van der Waals surface area contributed by atoms with Crippen molar-refractivity contribution in [2.75, 3.05) is 27.2 Å². The summed E-state index contributed by atoms with van der Waals surface area (Å²) in [4.78, 5) is 17.1. The van der Waals surface area contributed by atoms with Crippen LogP contribution in [-0.4, -0.2) is 37.5 Å². The number of likely N-dealkylation sites (N-methyl/N-ethyl adjacent to an activating group) is 1. The molecule has 16 heteroatoms. The van der Waals surface area contributed by atoms with Crippen LogP contribution in [-0.2, 0) is 4.79 Å². The van der Waals surface area contributed by atoms with E-state index in [-0.39, 0.29) is 17.6 Å². The Morgan fingerprint density at radius 2 is 0.946 bits per heavy atom. The lowest BCUT2D eigenvalue weighted by atomic mass is 9.92. The zero-order valence-electron chi connectivity index (χ0n) is 18.6. The molecule has 3 rings (SSSR count). The number of carbonyl (C=O) groups is 1. The van der Waals surface area contributed by atoms with Gasteiger partial charge in [0.1, 0.15) is 24.5 Å². The van der Waals surface area contributed by atoms with Crippen LogP contribution in [0.2, 0.25) is 0 Å². The lowest BCUT2D eigenvalue weighted by molar-refractivity contribution is -0.881. The van der Waals surface area contributed by atoms with Crippen molar-refractivity contribution in [3.8, 4) is 0 Å². The molecule has 0 bridgehead atoms. The van der Waals surface area contributed by atoms with Crippen molar-refractivity contribution in [2.24, 2.45) is 10.2 Å². The Morgan fingerprint density at radius 1 is 0.649 bits per heavy atom. The number of quaternary nitrogens is 1. The molecule has 0 spiro atoms. The number of Topliss-reactive ketones (excluding diaryl/α,β-unsaturated/α-hetero) is 1. The number of nitrogens with zero attached hydrogens (tertiary/aromatic N) is 7. The van der Waals surface area contributed by atoms with Gasteiger partial charge in [0.05, 0.1) is 36.4 Å². The number of benzene rings is 2. The van der Waals surface area contributed by atoms with Gasteiger partial charge in [0.2, 0.25) is 0 Å². The van der Waals surface area contributed by atoms with E-state index in [2.05, 4.69) is 20.1 Å². The summed E-state index contributed by atoms with van der Waals surface area (Å²) in [6.07, 6.45) is 0.926. The molecule has 0 aromatic heterocycles. The molecule has 1 heterocycles. The van der Waals surface area contributed by atoms with Gasteiger partial charge in [0.25, 0.3) is 0 Å². The highest BCUT2D eigenvalue weighted by atomic mass is 19.2. The minimum atomic E-state index is -2.04. The molecule has 1 aliphatic heterocycles. The van der Waals surface area contributed by atoms with Crippen LogP contribution in [0.15, 0.2) is 21.4 Å². The number of hydrogen-bond acceptors (Lipinski definition) is 3. The molecule has 0 saturated carbocycles. The van der Waals surface area contributed by atoms with E-state index in [1.54, 1.807) is 0 Å². The summed E-state index contributed by atoms with van der Waals surface area (Å²) >= 11 is 0. The molecule has 0 radical (unpaired) electrons. The van der Waals surface area contributed by atoms with E-state index < -0.39 is 86.0 Å². The van der Waals surface area contributed by atoms with E-state index in [4.69, 9.17) is 11.1 Å². The predicted molar refractivity (Wildman–Crippen MR) is 113 cm³/mol. The molecule has 192 valence electrons. The minimum absolute atomic E-state index is 0.209. The summed E-state index contributed by atoms with van der Waals surface area (Å²) in [5, 5.41) is 5.11. The first-order valence-corrected chi connectivity index (χ1v) is 9.85. The highest BCUT2D eigenvalue weighted by molar-refractivity contribution is 6.14. The van der Waals surface area contributed by atoms with Gasteiger partial charge in [0.15, 0.2) is 52.3 Å². The van der Waals surface area contributed by atoms with E-state index in [0.29, 0.717) is 12.2 Å². The van der Waals surface area contributed by atoms with E-state index in [0.717, 1.165) is 0 Å². The number of rotatable bonds is 4. The van der Waals surface area contributed by atoms with Crippen molar-refractivity contribution in [3.05, 3.63) is 89.7 Å². The van der Waals surface area contributed by atoms with E-state index in [1.807, 2.05) is 0 Å². The second-order valence-corrected chi connectivity index (χ2v) is 8.34. The molecule has 2 aromatic rings. The first-order chi connectivity index (χ1) is 17.3. The van der Waals surface area contributed by atoms with Gasteiger partial charge in [-0.25, -0.2) is 35.1 Å². The Hall–Kier alpha value is -4.39. The normalized spacial score (nSPS) is 17.1.